The van der Waals surface area contributed by atoms with Gasteiger partial charge < -0.3 is 14.9 Å². The van der Waals surface area contributed by atoms with E-state index in [0.717, 1.165) is 11.0 Å². The molecule has 0 radical (unpaired) electrons. The van der Waals surface area contributed by atoms with E-state index >= 15 is 0 Å². The summed E-state index contributed by atoms with van der Waals surface area (Å²) in [6.07, 6.45) is 3.71. The molecule has 2 N–H and O–H groups in total. The second-order valence-electron chi connectivity index (χ2n) is 12.7. The molecule has 0 unspecified atom stereocenters. The third-order valence-electron chi connectivity index (χ3n) is 10.3. The zero-order chi connectivity index (χ0) is 33.1. The summed E-state index contributed by atoms with van der Waals surface area (Å²) >= 11 is 6.04. The number of likely N-dealkylation sites (tertiary alicyclic amines) is 1. The molecule has 0 aromatic heterocycles. The highest BCUT2D eigenvalue weighted by Gasteiger charge is 2.67. The summed E-state index contributed by atoms with van der Waals surface area (Å²) in [4.78, 5) is 69.3. The molecule has 0 bridgehead atoms. The zero-order valence-electron chi connectivity index (χ0n) is 25.4. The first kappa shape index (κ1) is 31.7. The largest absolute Gasteiger partial charge is 0.508 e. The molecule has 0 spiro atoms. The smallest absolute Gasteiger partial charge is 0.303 e. The van der Waals surface area contributed by atoms with E-state index in [0.29, 0.717) is 36.1 Å². The second kappa shape index (κ2) is 11.8. The predicted molar refractivity (Wildman–Crippen MR) is 164 cm³/mol. The van der Waals surface area contributed by atoms with Crippen LogP contribution in [-0.4, -0.2) is 58.4 Å². The van der Waals surface area contributed by atoms with Gasteiger partial charge in [0.2, 0.25) is 23.6 Å². The number of nitrogens with zero attached hydrogens (tertiary/aromatic N) is 2. The maximum absolute atomic E-state index is 14.5. The Morgan fingerprint density at radius 1 is 1.04 bits per heavy atom. The van der Waals surface area contributed by atoms with Crippen LogP contribution in [0.3, 0.4) is 0 Å². The van der Waals surface area contributed by atoms with E-state index in [9.17, 15) is 33.5 Å². The van der Waals surface area contributed by atoms with Crippen molar-refractivity contribution in [1.29, 1.82) is 0 Å². The molecule has 4 aliphatic rings. The fourth-order valence-electron chi connectivity index (χ4n) is 8.13. The highest BCUT2D eigenvalue weighted by molar-refractivity contribution is 6.31. The third kappa shape index (κ3) is 4.87. The first-order chi connectivity index (χ1) is 21.9. The normalized spacial score (nSPS) is 28.6. The molecule has 6 rings (SSSR count). The lowest BCUT2D eigenvalue weighted by Gasteiger charge is -2.49. The Bertz CT molecular complexity index is 1690. The van der Waals surface area contributed by atoms with Crippen molar-refractivity contribution in [3.63, 3.8) is 0 Å². The number of rotatable bonds is 9. The molecule has 2 aromatic carbocycles. The number of halogens is 2. The summed E-state index contributed by atoms with van der Waals surface area (Å²) in [5.74, 6) is -6.78. The summed E-state index contributed by atoms with van der Waals surface area (Å²) in [7, 11) is 1.47. The number of phenolic OH excluding ortho intramolecular Hbond substituents is 1. The number of amides is 4. The molecule has 2 aliphatic heterocycles. The van der Waals surface area contributed by atoms with E-state index < -0.39 is 58.6 Å². The SMILES string of the molecule is COc1ccc(O)c([C@H]2C3=CC[C@@H]4C(=O)N(CCCCCC(=O)O)C(=O)[C@@H]4[C@@H]3C[C@H]3C(=O)N(c4ccc(F)c(Cl)c4)C(=O)[C@@]23C)c1. The molecule has 6 atom stereocenters. The molecule has 2 aromatic rings. The summed E-state index contributed by atoms with van der Waals surface area (Å²) in [5, 5.41) is 19.9. The van der Waals surface area contributed by atoms with Crippen LogP contribution in [0.5, 0.6) is 11.5 Å². The molecular formula is C34H34ClFN2O8. The quantitative estimate of drug-likeness (QED) is 0.217. The van der Waals surface area contributed by atoms with Crippen LogP contribution >= 0.6 is 11.6 Å². The number of phenols is 1. The number of carbonyl (C=O) groups is 5. The Kier molecular flexibility index (Phi) is 8.16. The number of allylic oxidation sites excluding steroid dienone is 2. The number of methoxy groups -OCH3 is 1. The van der Waals surface area contributed by atoms with Gasteiger partial charge in [0.05, 0.1) is 41.0 Å². The highest BCUT2D eigenvalue weighted by Crippen LogP contribution is 2.64. The monoisotopic (exact) mass is 652 g/mol. The minimum absolute atomic E-state index is 0.00898. The highest BCUT2D eigenvalue weighted by atomic mass is 35.5. The second-order valence-corrected chi connectivity index (χ2v) is 13.1. The molecule has 2 aliphatic carbocycles. The molecule has 4 amide bonds. The van der Waals surface area contributed by atoms with Crippen LogP contribution in [0.15, 0.2) is 48.0 Å². The van der Waals surface area contributed by atoms with Crippen LogP contribution in [0.25, 0.3) is 0 Å². The number of aromatic hydroxyl groups is 1. The fraction of sp³-hybridized carbons (Fsp3) is 0.441. The lowest BCUT2D eigenvalue weighted by atomic mass is 9.51. The maximum Gasteiger partial charge on any atom is 0.303 e. The van der Waals surface area contributed by atoms with Gasteiger partial charge in [0.1, 0.15) is 17.3 Å². The van der Waals surface area contributed by atoms with Gasteiger partial charge in [-0.05, 0) is 74.9 Å². The Morgan fingerprint density at radius 3 is 2.50 bits per heavy atom. The van der Waals surface area contributed by atoms with E-state index in [1.807, 2.05) is 6.08 Å². The number of fused-ring (bicyclic) bond motifs is 4. The van der Waals surface area contributed by atoms with Crippen molar-refractivity contribution in [3.05, 3.63) is 64.5 Å². The average Bonchev–Trinajstić information content (AvgIpc) is 3.38. The van der Waals surface area contributed by atoms with E-state index in [-0.39, 0.29) is 54.1 Å². The molecule has 10 nitrogen and oxygen atoms in total. The van der Waals surface area contributed by atoms with Gasteiger partial charge >= 0.3 is 5.97 Å². The van der Waals surface area contributed by atoms with Crippen molar-refractivity contribution in [3.8, 4) is 11.5 Å². The predicted octanol–water partition coefficient (Wildman–Crippen LogP) is 5.07. The van der Waals surface area contributed by atoms with Crippen molar-refractivity contribution < 1.29 is 43.3 Å². The first-order valence-corrected chi connectivity index (χ1v) is 15.7. The van der Waals surface area contributed by atoms with Gasteiger partial charge in [-0.25, -0.2) is 9.29 Å². The Labute approximate surface area is 269 Å². The van der Waals surface area contributed by atoms with Gasteiger partial charge in [-0.15, -0.1) is 0 Å². The summed E-state index contributed by atoms with van der Waals surface area (Å²) in [5.41, 5.74) is -0.241. The maximum atomic E-state index is 14.5. The van der Waals surface area contributed by atoms with Gasteiger partial charge in [0.15, 0.2) is 0 Å². The number of imide groups is 2. The number of unbranched alkanes of at least 4 members (excludes halogenated alkanes) is 2. The molecule has 3 fully saturated rings. The number of carbonyl (C=O) groups excluding carboxylic acids is 4. The van der Waals surface area contributed by atoms with Crippen LogP contribution in [0.2, 0.25) is 5.02 Å². The van der Waals surface area contributed by atoms with Crippen molar-refractivity contribution in [2.75, 3.05) is 18.6 Å². The van der Waals surface area contributed by atoms with Crippen LogP contribution < -0.4 is 9.64 Å². The van der Waals surface area contributed by atoms with E-state index in [1.165, 1.54) is 30.2 Å². The van der Waals surface area contributed by atoms with Crippen molar-refractivity contribution in [2.24, 2.45) is 29.1 Å². The molecule has 1 saturated carbocycles. The minimum Gasteiger partial charge on any atom is -0.508 e. The van der Waals surface area contributed by atoms with Crippen LogP contribution in [-0.2, 0) is 24.0 Å². The zero-order valence-corrected chi connectivity index (χ0v) is 26.1. The van der Waals surface area contributed by atoms with Gasteiger partial charge in [-0.3, -0.25) is 28.9 Å². The van der Waals surface area contributed by atoms with E-state index in [4.69, 9.17) is 21.4 Å². The molecule has 242 valence electrons. The number of ether oxygens (including phenoxy) is 1. The number of hydrogen-bond donors (Lipinski definition) is 2. The summed E-state index contributed by atoms with van der Waals surface area (Å²) < 4.78 is 19.5. The number of hydrogen-bond acceptors (Lipinski definition) is 7. The fourth-order valence-corrected chi connectivity index (χ4v) is 8.30. The van der Waals surface area contributed by atoms with Gasteiger partial charge in [0.25, 0.3) is 0 Å². The molecular weight excluding hydrogens is 619 g/mol. The number of carboxylic acids is 1. The van der Waals surface area contributed by atoms with Gasteiger partial charge in [-0.1, -0.05) is 29.7 Å². The number of anilines is 1. The van der Waals surface area contributed by atoms with Crippen molar-refractivity contribution in [2.45, 2.75) is 51.4 Å². The van der Waals surface area contributed by atoms with Gasteiger partial charge in [-0.2, -0.15) is 0 Å². The number of aliphatic carboxylic acids is 1. The van der Waals surface area contributed by atoms with Crippen molar-refractivity contribution in [1.82, 2.24) is 4.90 Å². The summed E-state index contributed by atoms with van der Waals surface area (Å²) in [6, 6.07) is 8.27. The standard InChI is InChI=1S/C34H34ClFN2O8/c1-34-23(31(43)38(33(34)45)17-7-11-25(36)24(35)14-17)16-21-19(29(34)22-15-18(46-2)8-12-26(22)39)9-10-20-28(21)32(44)37(30(20)42)13-5-3-4-6-27(40)41/h7-9,11-12,14-15,20-21,23,28-29,39H,3-6,10,13,16H2,1-2H3,(H,40,41)/t20-,21+,23-,28-,29+,34+/m0/s1. The molecule has 2 saturated heterocycles. The Morgan fingerprint density at radius 2 is 1.80 bits per heavy atom. The average molecular weight is 653 g/mol. The van der Waals surface area contributed by atoms with Gasteiger partial charge in [0, 0.05) is 24.4 Å². The minimum atomic E-state index is -1.41. The van der Waals surface area contributed by atoms with Crippen molar-refractivity contribution >= 4 is 46.9 Å². The molecule has 2 heterocycles. The topological polar surface area (TPSA) is 142 Å². The third-order valence-corrected chi connectivity index (χ3v) is 10.6. The first-order valence-electron chi connectivity index (χ1n) is 15.4. The Hall–Kier alpha value is -4.25. The summed E-state index contributed by atoms with van der Waals surface area (Å²) in [6.45, 7) is 1.85. The molecule has 12 heteroatoms. The lowest BCUT2D eigenvalue weighted by Crippen LogP contribution is -2.48. The number of carboxylic acid groups (broad SMARTS) is 1. The van der Waals surface area contributed by atoms with E-state index in [1.54, 1.807) is 19.1 Å². The van der Waals surface area contributed by atoms with Crippen LogP contribution in [0, 0.1) is 34.9 Å². The molecule has 46 heavy (non-hydrogen) atoms. The number of benzene rings is 2. The Balaban J connectivity index is 1.41. The van der Waals surface area contributed by atoms with Crippen LogP contribution in [0.4, 0.5) is 10.1 Å². The lowest BCUT2D eigenvalue weighted by molar-refractivity contribution is -0.141. The van der Waals surface area contributed by atoms with Crippen LogP contribution in [0.1, 0.15) is 56.9 Å². The van der Waals surface area contributed by atoms with E-state index in [2.05, 4.69) is 0 Å².